The van der Waals surface area contributed by atoms with Crippen molar-refractivity contribution in [2.75, 3.05) is 6.54 Å². The van der Waals surface area contributed by atoms with Gasteiger partial charge in [0.15, 0.2) is 4.90 Å². The van der Waals surface area contributed by atoms with Crippen LogP contribution < -0.4 is 0 Å². The predicted molar refractivity (Wildman–Crippen MR) is 98.4 cm³/mol. The normalized spacial score (nSPS) is 11.6. The Morgan fingerprint density at radius 3 is 2.30 bits per heavy atom. The van der Waals surface area contributed by atoms with Gasteiger partial charge in [0, 0.05) is 12.6 Å². The van der Waals surface area contributed by atoms with Gasteiger partial charge >= 0.3 is 5.97 Å². The van der Waals surface area contributed by atoms with E-state index in [1.54, 1.807) is 44.2 Å². The summed E-state index contributed by atoms with van der Waals surface area (Å²) in [5.74, 6) is -0.733. The van der Waals surface area contributed by atoms with Crippen LogP contribution in [0.4, 0.5) is 5.69 Å². The Hall–Kier alpha value is -2.78. The zero-order chi connectivity index (χ0) is 20.0. The highest BCUT2D eigenvalue weighted by Gasteiger charge is 2.33. The van der Waals surface area contributed by atoms with Crippen LogP contribution in [0.25, 0.3) is 0 Å². The lowest BCUT2D eigenvalue weighted by molar-refractivity contribution is -0.387. The van der Waals surface area contributed by atoms with Gasteiger partial charge in [-0.2, -0.15) is 4.31 Å². The Bertz CT molecular complexity index is 912. The summed E-state index contributed by atoms with van der Waals surface area (Å²) in [6.07, 6.45) is -0.412. The van der Waals surface area contributed by atoms with Crippen LogP contribution in [0.3, 0.4) is 0 Å². The Morgan fingerprint density at radius 2 is 1.70 bits per heavy atom. The van der Waals surface area contributed by atoms with Crippen LogP contribution in [-0.2, 0) is 26.1 Å². The molecule has 0 unspecified atom stereocenters. The van der Waals surface area contributed by atoms with Crippen LogP contribution in [0.5, 0.6) is 0 Å². The largest absolute Gasteiger partial charge is 0.462 e. The van der Waals surface area contributed by atoms with Crippen molar-refractivity contribution in [1.29, 1.82) is 0 Å². The zero-order valence-electron chi connectivity index (χ0n) is 14.9. The highest BCUT2D eigenvalue weighted by atomic mass is 32.2. The van der Waals surface area contributed by atoms with Crippen molar-refractivity contribution in [3.05, 3.63) is 70.3 Å². The quantitative estimate of drug-likeness (QED) is 0.388. The first-order valence-electron chi connectivity index (χ1n) is 8.19. The molecule has 0 aromatic heterocycles. The van der Waals surface area contributed by atoms with Gasteiger partial charge in [-0.1, -0.05) is 42.5 Å². The van der Waals surface area contributed by atoms with Crippen LogP contribution in [0.15, 0.2) is 59.5 Å². The van der Waals surface area contributed by atoms with Crippen molar-refractivity contribution in [2.45, 2.75) is 31.4 Å². The summed E-state index contributed by atoms with van der Waals surface area (Å²) in [6, 6.07) is 13.7. The van der Waals surface area contributed by atoms with Crippen LogP contribution in [-0.4, -0.2) is 36.3 Å². The monoisotopic (exact) mass is 392 g/mol. The van der Waals surface area contributed by atoms with Crippen LogP contribution in [0.2, 0.25) is 0 Å². The minimum Gasteiger partial charge on any atom is -0.462 e. The maximum atomic E-state index is 13.1. The van der Waals surface area contributed by atoms with E-state index in [4.69, 9.17) is 4.74 Å². The predicted octanol–water partition coefficient (Wildman–Crippen LogP) is 2.74. The molecule has 27 heavy (non-hydrogen) atoms. The van der Waals surface area contributed by atoms with Gasteiger partial charge in [0.1, 0.15) is 6.54 Å². The molecule has 8 nitrogen and oxygen atoms in total. The van der Waals surface area contributed by atoms with Gasteiger partial charge in [0.05, 0.1) is 11.0 Å². The molecule has 0 saturated heterocycles. The topological polar surface area (TPSA) is 107 Å². The molecular formula is C18H20N2O6S. The van der Waals surface area contributed by atoms with Gasteiger partial charge in [-0.05, 0) is 25.5 Å². The Balaban J connectivity index is 2.44. The molecule has 0 bridgehead atoms. The number of hydrogen-bond donors (Lipinski definition) is 0. The van der Waals surface area contributed by atoms with E-state index in [9.17, 15) is 23.3 Å². The first-order valence-corrected chi connectivity index (χ1v) is 9.63. The summed E-state index contributed by atoms with van der Waals surface area (Å²) in [5, 5.41) is 11.2. The number of ether oxygens (including phenoxy) is 1. The van der Waals surface area contributed by atoms with Gasteiger partial charge in [-0.15, -0.1) is 0 Å². The molecule has 0 aliphatic rings. The summed E-state index contributed by atoms with van der Waals surface area (Å²) in [7, 11) is -4.31. The van der Waals surface area contributed by atoms with Crippen molar-refractivity contribution in [1.82, 2.24) is 4.31 Å². The molecule has 0 N–H and O–H groups in total. The maximum absolute atomic E-state index is 13.1. The molecule has 2 rings (SSSR count). The lowest BCUT2D eigenvalue weighted by Gasteiger charge is -2.22. The molecule has 0 saturated carbocycles. The SMILES string of the molecule is CC(C)OC(=O)CN(Cc1ccccc1)S(=O)(=O)c1ccccc1[N+](=O)[O-]. The average Bonchev–Trinajstić information content (AvgIpc) is 2.61. The van der Waals surface area contributed by atoms with Crippen molar-refractivity contribution in [2.24, 2.45) is 0 Å². The van der Waals surface area contributed by atoms with Crippen molar-refractivity contribution < 1.29 is 22.9 Å². The molecule has 2 aromatic rings. The molecule has 0 radical (unpaired) electrons. The number of benzene rings is 2. The third-order valence-electron chi connectivity index (χ3n) is 3.55. The number of sulfonamides is 1. The smallest absolute Gasteiger partial charge is 0.321 e. The highest BCUT2D eigenvalue weighted by molar-refractivity contribution is 7.89. The number of carbonyl (C=O) groups is 1. The number of nitro groups is 1. The lowest BCUT2D eigenvalue weighted by atomic mass is 10.2. The van der Waals surface area contributed by atoms with E-state index in [1.807, 2.05) is 0 Å². The fourth-order valence-corrected chi connectivity index (χ4v) is 3.95. The molecule has 0 aliphatic heterocycles. The fraction of sp³-hybridized carbons (Fsp3) is 0.278. The summed E-state index contributed by atoms with van der Waals surface area (Å²) in [6.45, 7) is 2.62. The zero-order valence-corrected chi connectivity index (χ0v) is 15.8. The van der Waals surface area contributed by atoms with E-state index >= 15 is 0 Å². The number of nitrogens with zero attached hydrogens (tertiary/aromatic N) is 2. The van der Waals surface area contributed by atoms with Gasteiger partial charge in [-0.25, -0.2) is 8.42 Å². The van der Waals surface area contributed by atoms with Gasteiger partial charge in [0.25, 0.3) is 15.7 Å². The minimum absolute atomic E-state index is 0.123. The number of hydrogen-bond acceptors (Lipinski definition) is 6. The summed E-state index contributed by atoms with van der Waals surface area (Å²) in [4.78, 5) is 22.1. The second kappa shape index (κ2) is 8.74. The summed E-state index contributed by atoms with van der Waals surface area (Å²) in [5.41, 5.74) is 0.0878. The molecule has 0 atom stereocenters. The van der Waals surface area contributed by atoms with Crippen molar-refractivity contribution in [3.63, 3.8) is 0 Å². The third-order valence-corrected chi connectivity index (χ3v) is 5.39. The van der Waals surface area contributed by atoms with Crippen molar-refractivity contribution >= 4 is 21.7 Å². The van der Waals surface area contributed by atoms with Crippen LogP contribution in [0.1, 0.15) is 19.4 Å². The van der Waals surface area contributed by atoms with Crippen LogP contribution >= 0.6 is 0 Å². The Morgan fingerprint density at radius 1 is 1.11 bits per heavy atom. The molecule has 0 spiro atoms. The minimum atomic E-state index is -4.31. The van der Waals surface area contributed by atoms with E-state index in [-0.39, 0.29) is 6.54 Å². The van der Waals surface area contributed by atoms with E-state index in [0.29, 0.717) is 5.56 Å². The first-order chi connectivity index (χ1) is 12.7. The molecule has 0 heterocycles. The molecule has 144 valence electrons. The number of carbonyl (C=O) groups excluding carboxylic acids is 1. The standard InChI is InChI=1S/C18H20N2O6S/c1-14(2)26-18(21)13-19(12-15-8-4-3-5-9-15)27(24,25)17-11-7-6-10-16(17)20(22)23/h3-11,14H,12-13H2,1-2H3. The molecule has 0 amide bonds. The van der Waals surface area contributed by atoms with Gasteiger partial charge in [-0.3, -0.25) is 14.9 Å². The fourth-order valence-electron chi connectivity index (χ4n) is 2.42. The van der Waals surface area contributed by atoms with E-state index in [2.05, 4.69) is 0 Å². The Kier molecular flexibility index (Phi) is 6.65. The number of esters is 1. The van der Waals surface area contributed by atoms with E-state index < -0.39 is 44.1 Å². The first kappa shape index (κ1) is 20.5. The second-order valence-corrected chi connectivity index (χ2v) is 7.93. The molecule has 0 fully saturated rings. The van der Waals surface area contributed by atoms with E-state index in [0.717, 1.165) is 16.4 Å². The number of para-hydroxylation sites is 1. The summed E-state index contributed by atoms with van der Waals surface area (Å²) < 4.78 is 32.1. The number of nitro benzene ring substituents is 1. The average molecular weight is 392 g/mol. The van der Waals surface area contributed by atoms with Gasteiger partial charge < -0.3 is 4.74 Å². The van der Waals surface area contributed by atoms with Gasteiger partial charge in [0.2, 0.25) is 0 Å². The Labute approximate surface area is 157 Å². The molecule has 0 aliphatic carbocycles. The lowest BCUT2D eigenvalue weighted by Crippen LogP contribution is -2.37. The summed E-state index contributed by atoms with van der Waals surface area (Å²) >= 11 is 0. The molecular weight excluding hydrogens is 372 g/mol. The highest BCUT2D eigenvalue weighted by Crippen LogP contribution is 2.27. The van der Waals surface area contributed by atoms with E-state index in [1.165, 1.54) is 12.1 Å². The third kappa shape index (κ3) is 5.35. The number of rotatable bonds is 8. The van der Waals surface area contributed by atoms with Crippen LogP contribution in [0, 0.1) is 10.1 Å². The maximum Gasteiger partial charge on any atom is 0.321 e. The van der Waals surface area contributed by atoms with Crippen molar-refractivity contribution in [3.8, 4) is 0 Å². The molecule has 2 aromatic carbocycles. The second-order valence-electron chi connectivity index (χ2n) is 6.02. The molecule has 9 heteroatoms.